The summed E-state index contributed by atoms with van der Waals surface area (Å²) in [6.45, 7) is 4.53. The van der Waals surface area contributed by atoms with Crippen LogP contribution in [-0.2, 0) is 0 Å². The highest BCUT2D eigenvalue weighted by Crippen LogP contribution is 2.22. The van der Waals surface area contributed by atoms with E-state index in [0.717, 1.165) is 0 Å². The van der Waals surface area contributed by atoms with Gasteiger partial charge in [0.15, 0.2) is 0 Å². The molecule has 0 bridgehead atoms. The molecule has 0 radical (unpaired) electrons. The lowest BCUT2D eigenvalue weighted by atomic mass is 10.00. The Bertz CT molecular complexity index is 393. The van der Waals surface area contributed by atoms with Crippen LogP contribution in [0.2, 0.25) is 0 Å². The van der Waals surface area contributed by atoms with E-state index in [-0.39, 0.29) is 0 Å². The second-order valence-corrected chi connectivity index (χ2v) is 5.94. The molecule has 2 atom stereocenters. The molecule has 2 nitrogen and oxygen atoms in total. The first kappa shape index (κ1) is 12.9. The van der Waals surface area contributed by atoms with Crippen molar-refractivity contribution in [3.05, 3.63) is 33.4 Å². The Balaban J connectivity index is 2.11. The molecule has 92 valence electrons. The van der Waals surface area contributed by atoms with E-state index in [2.05, 4.69) is 70.8 Å². The Hall–Kier alpha value is -0.580. The van der Waals surface area contributed by atoms with Gasteiger partial charge in [0.2, 0.25) is 0 Å². The maximum atomic E-state index is 4.68. The zero-order valence-electron chi connectivity index (χ0n) is 10.4. The Morgan fingerprint density at radius 1 is 1.24 bits per heavy atom. The van der Waals surface area contributed by atoms with Gasteiger partial charge in [0, 0.05) is 21.2 Å². The fraction of sp³-hybridized carbons (Fsp3) is 0.500. The van der Waals surface area contributed by atoms with Gasteiger partial charge in [-0.2, -0.15) is 5.10 Å². The lowest BCUT2D eigenvalue weighted by Crippen LogP contribution is -2.39. The zero-order chi connectivity index (χ0) is 12.3. The van der Waals surface area contributed by atoms with Gasteiger partial charge in [0.25, 0.3) is 0 Å². The first-order valence-corrected chi connectivity index (χ1v) is 7.33. The van der Waals surface area contributed by atoms with Gasteiger partial charge in [0.1, 0.15) is 0 Å². The predicted molar refractivity (Wildman–Crippen MR) is 81.4 cm³/mol. The zero-order valence-corrected chi connectivity index (χ0v) is 12.6. The molecule has 1 aliphatic heterocycles. The molecule has 1 heterocycles. The van der Waals surface area contributed by atoms with Crippen LogP contribution in [0.25, 0.3) is 0 Å². The van der Waals surface area contributed by atoms with Gasteiger partial charge >= 0.3 is 0 Å². The fourth-order valence-electron chi connectivity index (χ4n) is 2.34. The molecule has 0 saturated carbocycles. The molecular weight excluding hydrogens is 323 g/mol. The van der Waals surface area contributed by atoms with Crippen LogP contribution in [0.5, 0.6) is 0 Å². The minimum absolute atomic E-state index is 0.566. The molecule has 0 aromatic heterocycles. The predicted octanol–water partition coefficient (Wildman–Crippen LogP) is 3.89. The first-order chi connectivity index (χ1) is 8.18. The van der Waals surface area contributed by atoms with Crippen molar-refractivity contribution in [3.8, 4) is 0 Å². The number of piperidine rings is 1. The summed E-state index contributed by atoms with van der Waals surface area (Å²) in [5, 5.41) is 6.94. The van der Waals surface area contributed by atoms with E-state index in [9.17, 15) is 0 Å². The highest BCUT2D eigenvalue weighted by molar-refractivity contribution is 14.1. The highest BCUT2D eigenvalue weighted by atomic mass is 127. The molecule has 2 rings (SSSR count). The minimum atomic E-state index is 0.566. The number of hydrogen-bond acceptors (Lipinski definition) is 2. The molecule has 1 fully saturated rings. The monoisotopic (exact) mass is 342 g/mol. The Morgan fingerprint density at radius 2 is 1.88 bits per heavy atom. The number of hydrogen-bond donors (Lipinski definition) is 0. The van der Waals surface area contributed by atoms with Crippen LogP contribution in [-0.4, -0.2) is 23.3 Å². The number of benzene rings is 1. The van der Waals surface area contributed by atoms with Gasteiger partial charge in [-0.3, -0.25) is 5.01 Å². The number of nitrogens with zero attached hydrogens (tertiary/aromatic N) is 2. The van der Waals surface area contributed by atoms with Crippen molar-refractivity contribution in [1.82, 2.24) is 5.01 Å². The lowest BCUT2D eigenvalue weighted by Gasteiger charge is -2.36. The van der Waals surface area contributed by atoms with E-state index in [4.69, 9.17) is 0 Å². The summed E-state index contributed by atoms with van der Waals surface area (Å²) in [5.74, 6) is 0. The molecule has 3 heteroatoms. The van der Waals surface area contributed by atoms with Gasteiger partial charge in [-0.05, 0) is 61.8 Å². The largest absolute Gasteiger partial charge is 0.292 e. The van der Waals surface area contributed by atoms with Gasteiger partial charge in [-0.1, -0.05) is 18.2 Å². The summed E-state index contributed by atoms with van der Waals surface area (Å²) in [4.78, 5) is 0. The van der Waals surface area contributed by atoms with E-state index in [0.29, 0.717) is 12.1 Å². The summed E-state index contributed by atoms with van der Waals surface area (Å²) < 4.78 is 1.26. The molecule has 1 saturated heterocycles. The SMILES string of the molecule is C[C@@H]1CCC[C@H](C)N1/N=C\c1ccccc1I. The van der Waals surface area contributed by atoms with E-state index in [1.165, 1.54) is 28.4 Å². The molecule has 0 N–H and O–H groups in total. The topological polar surface area (TPSA) is 15.6 Å². The molecule has 1 aliphatic rings. The van der Waals surface area contributed by atoms with Crippen LogP contribution in [0.3, 0.4) is 0 Å². The maximum Gasteiger partial charge on any atom is 0.0553 e. The second kappa shape index (κ2) is 5.85. The molecule has 0 aliphatic carbocycles. The van der Waals surface area contributed by atoms with E-state index in [1.54, 1.807) is 0 Å². The van der Waals surface area contributed by atoms with E-state index in [1.807, 2.05) is 6.21 Å². The van der Waals surface area contributed by atoms with Crippen molar-refractivity contribution in [2.75, 3.05) is 0 Å². The normalized spacial score (nSPS) is 25.5. The van der Waals surface area contributed by atoms with Crippen molar-refractivity contribution >= 4 is 28.8 Å². The third-order valence-electron chi connectivity index (χ3n) is 3.38. The van der Waals surface area contributed by atoms with Crippen LogP contribution < -0.4 is 0 Å². The fourth-order valence-corrected chi connectivity index (χ4v) is 2.87. The molecule has 0 amide bonds. The third kappa shape index (κ3) is 3.21. The van der Waals surface area contributed by atoms with Crippen LogP contribution in [0.1, 0.15) is 38.7 Å². The number of hydrazone groups is 1. The van der Waals surface area contributed by atoms with Crippen molar-refractivity contribution < 1.29 is 0 Å². The van der Waals surface area contributed by atoms with Crippen molar-refractivity contribution in [1.29, 1.82) is 0 Å². The average molecular weight is 342 g/mol. The third-order valence-corrected chi connectivity index (χ3v) is 4.36. The van der Waals surface area contributed by atoms with Gasteiger partial charge < -0.3 is 0 Å². The van der Waals surface area contributed by atoms with Crippen molar-refractivity contribution in [2.24, 2.45) is 5.10 Å². The Morgan fingerprint density at radius 3 is 2.53 bits per heavy atom. The molecular formula is C14H19IN2. The van der Waals surface area contributed by atoms with Crippen LogP contribution in [0, 0.1) is 3.57 Å². The summed E-state index contributed by atoms with van der Waals surface area (Å²) >= 11 is 2.36. The Kier molecular flexibility index (Phi) is 4.42. The molecule has 0 spiro atoms. The molecule has 0 unspecified atom stereocenters. The van der Waals surface area contributed by atoms with Crippen LogP contribution in [0.15, 0.2) is 29.4 Å². The quantitative estimate of drug-likeness (QED) is 0.588. The van der Waals surface area contributed by atoms with E-state index >= 15 is 0 Å². The summed E-state index contributed by atoms with van der Waals surface area (Å²) in [7, 11) is 0. The van der Waals surface area contributed by atoms with Crippen LogP contribution >= 0.6 is 22.6 Å². The molecule has 1 aromatic carbocycles. The number of halogens is 1. The Labute approximate surface area is 117 Å². The van der Waals surface area contributed by atoms with Gasteiger partial charge in [-0.25, -0.2) is 0 Å². The van der Waals surface area contributed by atoms with E-state index < -0.39 is 0 Å². The van der Waals surface area contributed by atoms with Crippen LogP contribution in [0.4, 0.5) is 0 Å². The second-order valence-electron chi connectivity index (χ2n) is 4.78. The summed E-state index contributed by atoms with van der Waals surface area (Å²) in [6.07, 6.45) is 5.85. The summed E-state index contributed by atoms with van der Waals surface area (Å²) in [6, 6.07) is 9.49. The standard InChI is InChI=1S/C14H19IN2/c1-11-6-5-7-12(2)17(11)16-10-13-8-3-4-9-14(13)15/h3-4,8-12H,5-7H2,1-2H3/b16-10-/t11-,12+. The highest BCUT2D eigenvalue weighted by Gasteiger charge is 2.22. The lowest BCUT2D eigenvalue weighted by molar-refractivity contribution is 0.109. The molecule has 17 heavy (non-hydrogen) atoms. The average Bonchev–Trinajstić information content (AvgIpc) is 2.30. The minimum Gasteiger partial charge on any atom is -0.292 e. The molecule has 1 aromatic rings. The summed E-state index contributed by atoms with van der Waals surface area (Å²) in [5.41, 5.74) is 1.21. The smallest absolute Gasteiger partial charge is 0.0553 e. The first-order valence-electron chi connectivity index (χ1n) is 6.25. The van der Waals surface area contributed by atoms with Gasteiger partial charge in [0.05, 0.1) is 6.21 Å². The maximum absolute atomic E-state index is 4.68. The number of rotatable bonds is 2. The van der Waals surface area contributed by atoms with Crippen molar-refractivity contribution in [3.63, 3.8) is 0 Å². The van der Waals surface area contributed by atoms with Crippen molar-refractivity contribution in [2.45, 2.75) is 45.2 Å². The van der Waals surface area contributed by atoms with Gasteiger partial charge in [-0.15, -0.1) is 0 Å².